The molecule has 0 aromatic rings. The highest BCUT2D eigenvalue weighted by atomic mass is 28.4. The Hall–Kier alpha value is -0.923. The molecule has 2 atom stereocenters. The van der Waals surface area contributed by atoms with Crippen LogP contribution in [0, 0.1) is 0 Å². The molecule has 1 aliphatic rings. The van der Waals surface area contributed by atoms with Crippen LogP contribution < -0.4 is 0 Å². The predicted molar refractivity (Wildman–Crippen MR) is 105 cm³/mol. The van der Waals surface area contributed by atoms with Gasteiger partial charge in [0.25, 0.3) is 0 Å². The number of amides is 1. The van der Waals surface area contributed by atoms with Gasteiger partial charge in [-0.25, -0.2) is 4.79 Å². The molecule has 7 heteroatoms. The molecular weight excluding hydrogens is 350 g/mol. The van der Waals surface area contributed by atoms with E-state index in [4.69, 9.17) is 13.9 Å². The molecule has 152 valence electrons. The zero-order valence-electron chi connectivity index (χ0n) is 17.8. The molecule has 1 rings (SSSR count). The van der Waals surface area contributed by atoms with Crippen molar-refractivity contribution in [1.29, 1.82) is 0 Å². The molecule has 6 nitrogen and oxygen atoms in total. The Morgan fingerprint density at radius 3 is 2.23 bits per heavy atom. The van der Waals surface area contributed by atoms with Crippen LogP contribution in [-0.2, 0) is 18.7 Å². The van der Waals surface area contributed by atoms with E-state index in [0.717, 1.165) is 24.4 Å². The third-order valence-corrected chi connectivity index (χ3v) is 9.87. The van der Waals surface area contributed by atoms with Crippen molar-refractivity contribution in [1.82, 2.24) is 4.90 Å². The van der Waals surface area contributed by atoms with E-state index in [2.05, 4.69) is 20.8 Å². The van der Waals surface area contributed by atoms with Gasteiger partial charge in [-0.05, 0) is 52.8 Å². The highest BCUT2D eigenvalue weighted by Gasteiger charge is 2.50. The number of rotatable bonds is 8. The number of ether oxygens (including phenoxy) is 2. The fraction of sp³-hybridized carbons (Fsp3) is 0.895. The molecular formula is C19H37NO5Si. The molecule has 1 saturated heterocycles. The standard InChI is InChI=1S/C19H37NO5Si/c1-9-26(10-2,11-3)25-16(12-13-21)15-14-23-19(7,8)20(15)17(22)24-18(4,5)6/h13,15-16H,9-12,14H2,1-8H3. The summed E-state index contributed by atoms with van der Waals surface area (Å²) >= 11 is 0. The van der Waals surface area contributed by atoms with Gasteiger partial charge in [-0.2, -0.15) is 0 Å². The Bertz CT molecular complexity index is 477. The Kier molecular flexibility index (Phi) is 7.86. The average molecular weight is 388 g/mol. The third kappa shape index (κ3) is 5.54. The smallest absolute Gasteiger partial charge is 0.412 e. The molecule has 0 spiro atoms. The van der Waals surface area contributed by atoms with Crippen LogP contribution in [0.4, 0.5) is 4.79 Å². The second-order valence-corrected chi connectivity index (χ2v) is 13.2. The lowest BCUT2D eigenvalue weighted by molar-refractivity contribution is -0.110. The molecule has 0 aliphatic carbocycles. The van der Waals surface area contributed by atoms with Crippen molar-refractivity contribution in [2.45, 2.75) is 103 Å². The predicted octanol–water partition coefficient (Wildman–Crippen LogP) is 4.34. The fourth-order valence-corrected chi connectivity index (χ4v) is 6.37. The molecule has 2 unspecified atom stereocenters. The van der Waals surface area contributed by atoms with E-state index in [1.807, 2.05) is 34.6 Å². The van der Waals surface area contributed by atoms with E-state index >= 15 is 0 Å². The van der Waals surface area contributed by atoms with Gasteiger partial charge in [0.1, 0.15) is 17.6 Å². The number of aldehydes is 1. The van der Waals surface area contributed by atoms with E-state index in [-0.39, 0.29) is 18.6 Å². The summed E-state index contributed by atoms with van der Waals surface area (Å²) in [7, 11) is -1.94. The fourth-order valence-electron chi connectivity index (χ4n) is 3.47. The molecule has 0 radical (unpaired) electrons. The van der Waals surface area contributed by atoms with Gasteiger partial charge in [0, 0.05) is 6.42 Å². The van der Waals surface area contributed by atoms with Gasteiger partial charge < -0.3 is 18.7 Å². The Morgan fingerprint density at radius 2 is 1.81 bits per heavy atom. The summed E-state index contributed by atoms with van der Waals surface area (Å²) in [6, 6.07) is 2.62. The number of carbonyl (C=O) groups excluding carboxylic acids is 2. The van der Waals surface area contributed by atoms with Crippen molar-refractivity contribution >= 4 is 20.7 Å². The van der Waals surface area contributed by atoms with E-state index in [1.165, 1.54) is 0 Å². The van der Waals surface area contributed by atoms with Crippen LogP contribution in [0.3, 0.4) is 0 Å². The Labute approximate surface area is 159 Å². The van der Waals surface area contributed by atoms with Crippen molar-refractivity contribution in [3.63, 3.8) is 0 Å². The lowest BCUT2D eigenvalue weighted by Gasteiger charge is -2.40. The first kappa shape index (κ1) is 23.1. The first-order valence-electron chi connectivity index (χ1n) is 9.73. The lowest BCUT2D eigenvalue weighted by atomic mass is 10.1. The van der Waals surface area contributed by atoms with Crippen molar-refractivity contribution < 1.29 is 23.5 Å². The summed E-state index contributed by atoms with van der Waals surface area (Å²) in [6.45, 7) is 16.0. The molecule has 1 heterocycles. The highest BCUT2D eigenvalue weighted by molar-refractivity contribution is 6.73. The number of hydrogen-bond acceptors (Lipinski definition) is 5. The minimum atomic E-state index is -1.94. The summed E-state index contributed by atoms with van der Waals surface area (Å²) in [6.07, 6.45) is 0.330. The monoisotopic (exact) mass is 387 g/mol. The minimum absolute atomic E-state index is 0.248. The van der Waals surface area contributed by atoms with Crippen LogP contribution >= 0.6 is 0 Å². The number of nitrogens with zero attached hydrogens (tertiary/aromatic N) is 1. The first-order valence-corrected chi connectivity index (χ1v) is 12.3. The second-order valence-electron chi connectivity index (χ2n) is 8.48. The summed E-state index contributed by atoms with van der Waals surface area (Å²) in [5.74, 6) is 0. The Balaban J connectivity index is 3.14. The molecule has 0 saturated carbocycles. The zero-order chi connectivity index (χ0) is 20.2. The molecule has 1 amide bonds. The van der Waals surface area contributed by atoms with Gasteiger partial charge in [-0.3, -0.25) is 4.90 Å². The van der Waals surface area contributed by atoms with Crippen molar-refractivity contribution in [3.8, 4) is 0 Å². The van der Waals surface area contributed by atoms with E-state index in [9.17, 15) is 9.59 Å². The maximum absolute atomic E-state index is 12.9. The summed E-state index contributed by atoms with van der Waals surface area (Å²) < 4.78 is 18.1. The van der Waals surface area contributed by atoms with Crippen LogP contribution in [0.25, 0.3) is 0 Å². The largest absolute Gasteiger partial charge is 0.444 e. The van der Waals surface area contributed by atoms with E-state index < -0.39 is 25.7 Å². The van der Waals surface area contributed by atoms with Crippen molar-refractivity contribution in [2.24, 2.45) is 0 Å². The SMILES string of the molecule is CC[Si](CC)(CC)OC(CC=O)C1COC(C)(C)N1C(=O)OC(C)(C)C. The number of carbonyl (C=O) groups is 2. The first-order chi connectivity index (χ1) is 11.9. The van der Waals surface area contributed by atoms with Gasteiger partial charge in [0.2, 0.25) is 0 Å². The van der Waals surface area contributed by atoms with Crippen LogP contribution in [0.15, 0.2) is 0 Å². The van der Waals surface area contributed by atoms with Gasteiger partial charge in [-0.15, -0.1) is 0 Å². The van der Waals surface area contributed by atoms with E-state index in [1.54, 1.807) is 4.90 Å². The topological polar surface area (TPSA) is 65.1 Å². The van der Waals surface area contributed by atoms with Gasteiger partial charge in [-0.1, -0.05) is 20.8 Å². The second kappa shape index (κ2) is 8.84. The van der Waals surface area contributed by atoms with Crippen LogP contribution in [0.5, 0.6) is 0 Å². The average Bonchev–Trinajstić information content (AvgIpc) is 2.85. The quantitative estimate of drug-likeness (QED) is 0.458. The summed E-state index contributed by atoms with van der Waals surface area (Å²) in [5, 5.41) is 0. The minimum Gasteiger partial charge on any atom is -0.444 e. The summed E-state index contributed by atoms with van der Waals surface area (Å²) in [4.78, 5) is 25.8. The molecule has 1 aliphatic heterocycles. The number of hydrogen-bond donors (Lipinski definition) is 0. The highest BCUT2D eigenvalue weighted by Crippen LogP contribution is 2.35. The molecule has 26 heavy (non-hydrogen) atoms. The lowest BCUT2D eigenvalue weighted by Crippen LogP contribution is -2.56. The van der Waals surface area contributed by atoms with Crippen molar-refractivity contribution in [2.75, 3.05) is 6.61 Å². The molecule has 0 bridgehead atoms. The van der Waals surface area contributed by atoms with Crippen LogP contribution in [0.2, 0.25) is 18.1 Å². The van der Waals surface area contributed by atoms with E-state index in [0.29, 0.717) is 6.61 Å². The normalized spacial score (nSPS) is 21.5. The zero-order valence-corrected chi connectivity index (χ0v) is 18.8. The third-order valence-electron chi connectivity index (χ3n) is 5.20. The van der Waals surface area contributed by atoms with Gasteiger partial charge >= 0.3 is 6.09 Å². The summed E-state index contributed by atoms with van der Waals surface area (Å²) in [5.41, 5.74) is -1.40. The maximum Gasteiger partial charge on any atom is 0.412 e. The molecule has 1 fully saturated rings. The van der Waals surface area contributed by atoms with Gasteiger partial charge in [0.15, 0.2) is 8.32 Å². The Morgan fingerprint density at radius 1 is 1.27 bits per heavy atom. The van der Waals surface area contributed by atoms with Crippen LogP contribution in [-0.4, -0.2) is 55.7 Å². The van der Waals surface area contributed by atoms with Crippen molar-refractivity contribution in [3.05, 3.63) is 0 Å². The van der Waals surface area contributed by atoms with Gasteiger partial charge in [0.05, 0.1) is 18.8 Å². The molecule has 0 aromatic heterocycles. The molecule has 0 N–H and O–H groups in total. The van der Waals surface area contributed by atoms with Crippen LogP contribution in [0.1, 0.15) is 61.8 Å². The maximum atomic E-state index is 12.9. The molecule has 0 aromatic carbocycles.